The van der Waals surface area contributed by atoms with Crippen LogP contribution in [-0.4, -0.2) is 50.8 Å². The maximum absolute atomic E-state index is 5.16. The lowest BCUT2D eigenvalue weighted by molar-refractivity contribution is 0.151. The number of likely N-dealkylation sites (tertiary alicyclic amines) is 1. The van der Waals surface area contributed by atoms with Crippen molar-refractivity contribution in [2.24, 2.45) is 5.92 Å². The zero-order valence-electron chi connectivity index (χ0n) is 12.5. The molecule has 3 heteroatoms. The van der Waals surface area contributed by atoms with Crippen molar-refractivity contribution in [3.8, 4) is 0 Å². The molecule has 0 spiro atoms. The van der Waals surface area contributed by atoms with E-state index in [1.807, 2.05) is 0 Å². The van der Waals surface area contributed by atoms with Crippen molar-refractivity contribution in [3.63, 3.8) is 0 Å². The first-order valence-corrected chi connectivity index (χ1v) is 7.20. The Hall–Kier alpha value is -0.380. The maximum Gasteiger partial charge on any atom is 0.0499 e. The largest absolute Gasteiger partial charge is 0.384 e. The molecule has 0 aromatic carbocycles. The van der Waals surface area contributed by atoms with E-state index in [1.54, 1.807) is 7.11 Å². The third-order valence-corrected chi connectivity index (χ3v) is 3.55. The molecule has 106 valence electrons. The zero-order valence-corrected chi connectivity index (χ0v) is 12.5. The van der Waals surface area contributed by atoms with Crippen LogP contribution in [0.15, 0.2) is 11.6 Å². The highest BCUT2D eigenvalue weighted by Crippen LogP contribution is 2.11. The first-order valence-electron chi connectivity index (χ1n) is 7.20. The van der Waals surface area contributed by atoms with Crippen LogP contribution in [0.4, 0.5) is 0 Å². The number of hydrogen-bond donors (Lipinski definition) is 1. The second kappa shape index (κ2) is 8.68. The van der Waals surface area contributed by atoms with Crippen molar-refractivity contribution in [2.75, 3.05) is 39.9 Å². The second-order valence-electron chi connectivity index (χ2n) is 5.83. The number of methoxy groups -OCH3 is 1. The first kappa shape index (κ1) is 15.7. The minimum absolute atomic E-state index is 0.610. The summed E-state index contributed by atoms with van der Waals surface area (Å²) in [6.07, 6.45) is 4.88. The third kappa shape index (κ3) is 6.53. The van der Waals surface area contributed by atoms with Crippen LogP contribution in [0.1, 0.15) is 33.6 Å². The molecule has 1 atom stereocenters. The van der Waals surface area contributed by atoms with E-state index in [4.69, 9.17) is 4.74 Å². The van der Waals surface area contributed by atoms with Gasteiger partial charge in [0.15, 0.2) is 0 Å². The molecule has 0 aromatic heterocycles. The summed E-state index contributed by atoms with van der Waals surface area (Å²) in [4.78, 5) is 2.55. The Balaban J connectivity index is 2.13. The standard InChI is InChI=1S/C15H30N2O/c1-13(2)5-8-17-9-6-15(7-10-17)16-11-14(3)12-18-4/h5,14-16H,6-12H2,1-4H3. The van der Waals surface area contributed by atoms with E-state index >= 15 is 0 Å². The molecule has 18 heavy (non-hydrogen) atoms. The number of piperidine rings is 1. The molecular formula is C15H30N2O. The maximum atomic E-state index is 5.16. The molecule has 1 saturated heterocycles. The van der Waals surface area contributed by atoms with Crippen molar-refractivity contribution in [3.05, 3.63) is 11.6 Å². The molecule has 0 amide bonds. The van der Waals surface area contributed by atoms with E-state index in [0.717, 1.165) is 19.7 Å². The molecule has 0 bridgehead atoms. The highest BCUT2D eigenvalue weighted by atomic mass is 16.5. The number of nitrogens with one attached hydrogen (secondary N) is 1. The highest BCUT2D eigenvalue weighted by molar-refractivity contribution is 4.95. The van der Waals surface area contributed by atoms with Crippen LogP contribution >= 0.6 is 0 Å². The molecule has 1 N–H and O–H groups in total. The Kier molecular flexibility index (Phi) is 7.56. The van der Waals surface area contributed by atoms with Gasteiger partial charge in [0.25, 0.3) is 0 Å². The molecule has 0 saturated carbocycles. The van der Waals surface area contributed by atoms with Crippen molar-refractivity contribution < 1.29 is 4.74 Å². The minimum Gasteiger partial charge on any atom is -0.384 e. The van der Waals surface area contributed by atoms with Crippen molar-refractivity contribution >= 4 is 0 Å². The average Bonchev–Trinajstić information content (AvgIpc) is 2.35. The van der Waals surface area contributed by atoms with E-state index in [0.29, 0.717) is 12.0 Å². The van der Waals surface area contributed by atoms with Crippen LogP contribution in [0.2, 0.25) is 0 Å². The minimum atomic E-state index is 0.610. The summed E-state index contributed by atoms with van der Waals surface area (Å²) in [5.74, 6) is 0.610. The van der Waals surface area contributed by atoms with E-state index in [2.05, 4.69) is 37.1 Å². The van der Waals surface area contributed by atoms with E-state index in [1.165, 1.54) is 31.5 Å². The van der Waals surface area contributed by atoms with Gasteiger partial charge in [0.1, 0.15) is 0 Å². The molecule has 0 aromatic rings. The van der Waals surface area contributed by atoms with Gasteiger partial charge in [-0.2, -0.15) is 0 Å². The molecule has 0 radical (unpaired) electrons. The first-order chi connectivity index (χ1) is 8.61. The summed E-state index contributed by atoms with van der Waals surface area (Å²) in [7, 11) is 1.78. The summed E-state index contributed by atoms with van der Waals surface area (Å²) in [5, 5.41) is 3.67. The Morgan fingerprint density at radius 3 is 2.61 bits per heavy atom. The predicted molar refractivity (Wildman–Crippen MR) is 77.9 cm³/mol. The monoisotopic (exact) mass is 254 g/mol. The van der Waals surface area contributed by atoms with E-state index in [-0.39, 0.29) is 0 Å². The lowest BCUT2D eigenvalue weighted by atomic mass is 10.0. The number of nitrogens with zero attached hydrogens (tertiary/aromatic N) is 1. The molecule has 1 aliphatic rings. The van der Waals surface area contributed by atoms with Crippen LogP contribution < -0.4 is 5.32 Å². The lowest BCUT2D eigenvalue weighted by Gasteiger charge is -2.32. The second-order valence-corrected chi connectivity index (χ2v) is 5.83. The van der Waals surface area contributed by atoms with Gasteiger partial charge >= 0.3 is 0 Å². The Labute approximate surface area is 113 Å². The summed E-state index contributed by atoms with van der Waals surface area (Å²) < 4.78 is 5.16. The smallest absolute Gasteiger partial charge is 0.0499 e. The van der Waals surface area contributed by atoms with Crippen molar-refractivity contribution in [1.29, 1.82) is 0 Å². The van der Waals surface area contributed by atoms with Gasteiger partial charge in [0.05, 0.1) is 0 Å². The molecule has 0 aliphatic carbocycles. The van der Waals surface area contributed by atoms with Gasteiger partial charge in [-0.05, 0) is 45.7 Å². The molecule has 3 nitrogen and oxygen atoms in total. The zero-order chi connectivity index (χ0) is 13.4. The topological polar surface area (TPSA) is 24.5 Å². The summed E-state index contributed by atoms with van der Waals surface area (Å²) in [6.45, 7) is 12.1. The predicted octanol–water partition coefficient (Wildman–Crippen LogP) is 2.29. The molecular weight excluding hydrogens is 224 g/mol. The number of allylic oxidation sites excluding steroid dienone is 1. The normalized spacial score (nSPS) is 19.8. The summed E-state index contributed by atoms with van der Waals surface area (Å²) in [6, 6.07) is 0.701. The van der Waals surface area contributed by atoms with Crippen LogP contribution in [0.3, 0.4) is 0 Å². The fourth-order valence-electron chi connectivity index (χ4n) is 2.34. The van der Waals surface area contributed by atoms with Crippen molar-refractivity contribution in [1.82, 2.24) is 10.2 Å². The van der Waals surface area contributed by atoms with E-state index < -0.39 is 0 Å². The fraction of sp³-hybridized carbons (Fsp3) is 0.867. The van der Waals surface area contributed by atoms with Crippen LogP contribution in [0.25, 0.3) is 0 Å². The van der Waals surface area contributed by atoms with Crippen LogP contribution in [0.5, 0.6) is 0 Å². The van der Waals surface area contributed by atoms with Crippen LogP contribution in [-0.2, 0) is 4.74 Å². The highest BCUT2D eigenvalue weighted by Gasteiger charge is 2.18. The van der Waals surface area contributed by atoms with Gasteiger partial charge in [-0.1, -0.05) is 18.6 Å². The van der Waals surface area contributed by atoms with Gasteiger partial charge in [-0.25, -0.2) is 0 Å². The molecule has 1 aliphatic heterocycles. The van der Waals surface area contributed by atoms with Gasteiger partial charge < -0.3 is 10.1 Å². The van der Waals surface area contributed by atoms with Gasteiger partial charge in [0, 0.05) is 32.8 Å². The average molecular weight is 254 g/mol. The molecule has 1 unspecified atom stereocenters. The Morgan fingerprint density at radius 1 is 1.39 bits per heavy atom. The van der Waals surface area contributed by atoms with Crippen LogP contribution in [0, 0.1) is 5.92 Å². The van der Waals surface area contributed by atoms with Gasteiger partial charge in [-0.15, -0.1) is 0 Å². The van der Waals surface area contributed by atoms with E-state index in [9.17, 15) is 0 Å². The SMILES string of the molecule is COCC(C)CNC1CCN(CC=C(C)C)CC1. The summed E-state index contributed by atoms with van der Waals surface area (Å²) in [5.41, 5.74) is 1.42. The lowest BCUT2D eigenvalue weighted by Crippen LogP contribution is -2.44. The number of rotatable bonds is 7. The third-order valence-electron chi connectivity index (χ3n) is 3.55. The van der Waals surface area contributed by atoms with Gasteiger partial charge in [-0.3, -0.25) is 4.90 Å². The number of ether oxygens (including phenoxy) is 1. The Bertz CT molecular complexity index is 241. The number of hydrogen-bond acceptors (Lipinski definition) is 3. The quantitative estimate of drug-likeness (QED) is 0.706. The van der Waals surface area contributed by atoms with Gasteiger partial charge in [0.2, 0.25) is 0 Å². The fourth-order valence-corrected chi connectivity index (χ4v) is 2.34. The summed E-state index contributed by atoms with van der Waals surface area (Å²) >= 11 is 0. The molecule has 1 fully saturated rings. The molecule has 1 heterocycles. The van der Waals surface area contributed by atoms with Crippen molar-refractivity contribution in [2.45, 2.75) is 39.7 Å². The molecule has 1 rings (SSSR count). The Morgan fingerprint density at radius 2 is 2.06 bits per heavy atom.